The molecule has 1 aliphatic rings. The molecule has 0 saturated carbocycles. The molecule has 0 unspecified atom stereocenters. The minimum Gasteiger partial charge on any atom is -0.338 e. The molecule has 1 amide bonds. The van der Waals surface area contributed by atoms with E-state index in [4.69, 9.17) is 11.6 Å². The lowest BCUT2D eigenvalue weighted by atomic mass is 10.2. The van der Waals surface area contributed by atoms with E-state index in [2.05, 4.69) is 0 Å². The third kappa shape index (κ3) is 2.54. The monoisotopic (exact) mass is 311 g/mol. The quantitative estimate of drug-likeness (QED) is 0.747. The van der Waals surface area contributed by atoms with Gasteiger partial charge in [0.05, 0.1) is 5.02 Å². The summed E-state index contributed by atoms with van der Waals surface area (Å²) in [6.07, 6.45) is 4.44. The number of halogens is 2. The minimum atomic E-state index is -0.302. The Morgan fingerprint density at radius 1 is 1.20 bits per heavy atom. The van der Waals surface area contributed by atoms with E-state index >= 15 is 0 Å². The van der Waals surface area contributed by atoms with Crippen LogP contribution in [0.2, 0.25) is 5.02 Å². The Balaban J connectivity index is 1.96. The summed E-state index contributed by atoms with van der Waals surface area (Å²) < 4.78 is 14.0. The van der Waals surface area contributed by atoms with Gasteiger partial charge in [-0.1, -0.05) is 24.4 Å². The largest absolute Gasteiger partial charge is 0.338 e. The van der Waals surface area contributed by atoms with Gasteiger partial charge in [0.25, 0.3) is 5.91 Å². The smallest absolute Gasteiger partial charge is 0.265 e. The van der Waals surface area contributed by atoms with Crippen LogP contribution in [0.4, 0.5) is 4.39 Å². The summed E-state index contributed by atoms with van der Waals surface area (Å²) in [4.78, 5) is 15.0. The van der Waals surface area contributed by atoms with Crippen molar-refractivity contribution >= 4 is 38.9 Å². The first-order valence-electron chi connectivity index (χ1n) is 6.83. The number of amides is 1. The van der Waals surface area contributed by atoms with Crippen molar-refractivity contribution in [3.8, 4) is 0 Å². The molecule has 1 aromatic heterocycles. The van der Waals surface area contributed by atoms with E-state index in [0.29, 0.717) is 9.90 Å². The van der Waals surface area contributed by atoms with Gasteiger partial charge in [0.15, 0.2) is 0 Å². The molecule has 0 bridgehead atoms. The third-order valence-corrected chi connectivity index (χ3v) is 5.32. The number of hydrogen-bond donors (Lipinski definition) is 0. The van der Waals surface area contributed by atoms with Gasteiger partial charge in [0.1, 0.15) is 10.7 Å². The maximum Gasteiger partial charge on any atom is 0.265 e. The van der Waals surface area contributed by atoms with E-state index in [9.17, 15) is 9.18 Å². The van der Waals surface area contributed by atoms with E-state index in [1.807, 2.05) is 4.90 Å². The molecule has 1 aliphatic heterocycles. The highest BCUT2D eigenvalue weighted by atomic mass is 35.5. The van der Waals surface area contributed by atoms with Crippen LogP contribution in [0.5, 0.6) is 0 Å². The second-order valence-electron chi connectivity index (χ2n) is 5.09. The summed E-state index contributed by atoms with van der Waals surface area (Å²) in [5.74, 6) is -0.317. The molecule has 106 valence electrons. The number of benzene rings is 1. The van der Waals surface area contributed by atoms with Gasteiger partial charge in [-0.15, -0.1) is 11.3 Å². The van der Waals surface area contributed by atoms with Crippen LogP contribution in [0.3, 0.4) is 0 Å². The highest BCUT2D eigenvalue weighted by Crippen LogP contribution is 2.36. The standard InChI is InChI=1S/C15H15ClFNOS/c16-13-11-6-5-10(17)9-12(11)20-14(13)15(19)18-7-3-1-2-4-8-18/h5-6,9H,1-4,7-8H2. The van der Waals surface area contributed by atoms with Crippen LogP contribution in [-0.2, 0) is 0 Å². The van der Waals surface area contributed by atoms with Crippen LogP contribution in [-0.4, -0.2) is 23.9 Å². The topological polar surface area (TPSA) is 20.3 Å². The lowest BCUT2D eigenvalue weighted by Crippen LogP contribution is -2.31. The van der Waals surface area contributed by atoms with Crippen molar-refractivity contribution in [3.63, 3.8) is 0 Å². The van der Waals surface area contributed by atoms with Gasteiger partial charge in [0.2, 0.25) is 0 Å². The van der Waals surface area contributed by atoms with E-state index in [-0.39, 0.29) is 11.7 Å². The maximum absolute atomic E-state index is 13.3. The Hall–Kier alpha value is -1.13. The van der Waals surface area contributed by atoms with E-state index in [1.54, 1.807) is 6.07 Å². The van der Waals surface area contributed by atoms with E-state index in [0.717, 1.165) is 36.0 Å². The molecule has 0 aliphatic carbocycles. The first-order valence-corrected chi connectivity index (χ1v) is 8.03. The molecule has 5 heteroatoms. The van der Waals surface area contributed by atoms with Gasteiger partial charge in [-0.3, -0.25) is 4.79 Å². The summed E-state index contributed by atoms with van der Waals surface area (Å²) in [5.41, 5.74) is 0. The van der Waals surface area contributed by atoms with Crippen molar-refractivity contribution < 1.29 is 9.18 Å². The van der Waals surface area contributed by atoms with Crippen LogP contribution in [0.25, 0.3) is 10.1 Å². The van der Waals surface area contributed by atoms with Crippen molar-refractivity contribution in [2.75, 3.05) is 13.1 Å². The van der Waals surface area contributed by atoms with Crippen molar-refractivity contribution in [1.82, 2.24) is 4.90 Å². The van der Waals surface area contributed by atoms with Gasteiger partial charge in [-0.2, -0.15) is 0 Å². The molecule has 0 atom stereocenters. The number of thiophene rings is 1. The maximum atomic E-state index is 13.3. The van der Waals surface area contributed by atoms with Gasteiger partial charge >= 0.3 is 0 Å². The van der Waals surface area contributed by atoms with Crippen LogP contribution in [0.15, 0.2) is 18.2 Å². The molecule has 0 radical (unpaired) electrons. The molecular weight excluding hydrogens is 297 g/mol. The van der Waals surface area contributed by atoms with Crippen LogP contribution < -0.4 is 0 Å². The zero-order valence-electron chi connectivity index (χ0n) is 11.0. The highest BCUT2D eigenvalue weighted by molar-refractivity contribution is 7.21. The van der Waals surface area contributed by atoms with Crippen molar-refractivity contribution in [1.29, 1.82) is 0 Å². The zero-order valence-corrected chi connectivity index (χ0v) is 12.6. The number of likely N-dealkylation sites (tertiary alicyclic amines) is 1. The molecule has 3 rings (SSSR count). The molecule has 1 fully saturated rings. The van der Waals surface area contributed by atoms with Crippen LogP contribution >= 0.6 is 22.9 Å². The second-order valence-corrected chi connectivity index (χ2v) is 6.52. The molecule has 1 aromatic carbocycles. The predicted octanol–water partition coefficient (Wildman–Crippen LogP) is 4.71. The number of carbonyl (C=O) groups is 1. The van der Waals surface area contributed by atoms with Crippen LogP contribution in [0.1, 0.15) is 35.4 Å². The molecule has 1 saturated heterocycles. The number of hydrogen-bond acceptors (Lipinski definition) is 2. The summed E-state index contributed by atoms with van der Waals surface area (Å²) in [6, 6.07) is 4.45. The molecule has 2 heterocycles. The van der Waals surface area contributed by atoms with Gasteiger partial charge < -0.3 is 4.90 Å². The fourth-order valence-corrected chi connectivity index (χ4v) is 4.10. The summed E-state index contributed by atoms with van der Waals surface area (Å²) in [6.45, 7) is 1.58. The Bertz CT molecular complexity index is 647. The van der Waals surface area contributed by atoms with Crippen molar-refractivity contribution in [2.24, 2.45) is 0 Å². The van der Waals surface area contributed by atoms with Gasteiger partial charge in [0, 0.05) is 23.2 Å². The minimum absolute atomic E-state index is 0.0153. The second kappa shape index (κ2) is 5.70. The number of carbonyl (C=O) groups excluding carboxylic acids is 1. The van der Waals surface area contributed by atoms with Gasteiger partial charge in [-0.05, 0) is 31.0 Å². The van der Waals surface area contributed by atoms with Crippen molar-refractivity contribution in [3.05, 3.63) is 33.9 Å². The normalized spacial score (nSPS) is 16.4. The van der Waals surface area contributed by atoms with Gasteiger partial charge in [-0.25, -0.2) is 4.39 Å². The molecule has 20 heavy (non-hydrogen) atoms. The first kappa shape index (κ1) is 13.8. The molecule has 0 N–H and O–H groups in total. The average molecular weight is 312 g/mol. The SMILES string of the molecule is O=C(c1sc2cc(F)ccc2c1Cl)N1CCCCCC1. The fourth-order valence-electron chi connectivity index (χ4n) is 2.59. The molecule has 0 spiro atoms. The molecule has 2 nitrogen and oxygen atoms in total. The summed E-state index contributed by atoms with van der Waals surface area (Å²) >= 11 is 7.59. The number of fused-ring (bicyclic) bond motifs is 1. The first-order chi connectivity index (χ1) is 9.66. The average Bonchev–Trinajstić information content (AvgIpc) is 2.65. The Morgan fingerprint density at radius 3 is 2.60 bits per heavy atom. The Morgan fingerprint density at radius 2 is 1.90 bits per heavy atom. The van der Waals surface area contributed by atoms with E-state index in [1.165, 1.54) is 36.3 Å². The predicted molar refractivity (Wildman–Crippen MR) is 81.2 cm³/mol. The van der Waals surface area contributed by atoms with E-state index < -0.39 is 0 Å². The lowest BCUT2D eigenvalue weighted by molar-refractivity contribution is 0.0767. The molecular formula is C15H15ClFNOS. The van der Waals surface area contributed by atoms with Crippen molar-refractivity contribution in [2.45, 2.75) is 25.7 Å². The third-order valence-electron chi connectivity index (χ3n) is 3.68. The summed E-state index contributed by atoms with van der Waals surface area (Å²) in [5, 5.41) is 1.22. The lowest BCUT2D eigenvalue weighted by Gasteiger charge is -2.19. The molecule has 2 aromatic rings. The Kier molecular flexibility index (Phi) is 3.94. The Labute approximate surface area is 126 Å². The number of nitrogens with zero attached hydrogens (tertiary/aromatic N) is 1. The summed E-state index contributed by atoms with van der Waals surface area (Å²) in [7, 11) is 0. The fraction of sp³-hybridized carbons (Fsp3) is 0.400. The van der Waals surface area contributed by atoms with Crippen LogP contribution in [0, 0.1) is 5.82 Å². The zero-order chi connectivity index (χ0) is 14.1. The highest BCUT2D eigenvalue weighted by Gasteiger charge is 2.23. The number of rotatable bonds is 1.